The van der Waals surface area contributed by atoms with Crippen LogP contribution in [0.1, 0.15) is 24.4 Å². The van der Waals surface area contributed by atoms with Crippen LogP contribution in [0.4, 0.5) is 0 Å². The fourth-order valence-corrected chi connectivity index (χ4v) is 2.21. The van der Waals surface area contributed by atoms with Crippen LogP contribution >= 0.6 is 11.6 Å². The molecule has 0 saturated heterocycles. The second kappa shape index (κ2) is 5.96. The van der Waals surface area contributed by atoms with E-state index < -0.39 is 0 Å². The molecule has 3 nitrogen and oxygen atoms in total. The summed E-state index contributed by atoms with van der Waals surface area (Å²) >= 11 is 5.73. The maximum absolute atomic E-state index is 5.73. The monoisotopic (exact) mass is 249 g/mol. The Kier molecular flexibility index (Phi) is 4.31. The number of hydrogen-bond acceptors (Lipinski definition) is 3. The lowest BCUT2D eigenvalue weighted by Gasteiger charge is -2.17. The number of alkyl halides is 1. The first-order chi connectivity index (χ1) is 8.36. The van der Waals surface area contributed by atoms with Gasteiger partial charge >= 0.3 is 0 Å². The van der Waals surface area contributed by atoms with Crippen molar-refractivity contribution in [3.8, 4) is 0 Å². The summed E-state index contributed by atoms with van der Waals surface area (Å²) in [5.74, 6) is 6.28. The Labute approximate surface area is 106 Å². The molecular formula is C13H16ClN3. The van der Waals surface area contributed by atoms with Gasteiger partial charge in [0.1, 0.15) is 0 Å². The maximum atomic E-state index is 5.73. The van der Waals surface area contributed by atoms with Gasteiger partial charge in [0.2, 0.25) is 0 Å². The van der Waals surface area contributed by atoms with Gasteiger partial charge in [0.25, 0.3) is 0 Å². The molecule has 1 aromatic carbocycles. The highest BCUT2D eigenvalue weighted by Gasteiger charge is 2.12. The summed E-state index contributed by atoms with van der Waals surface area (Å²) in [6.07, 6.45) is 5.55. The molecule has 2 aromatic rings. The van der Waals surface area contributed by atoms with Crippen LogP contribution < -0.4 is 11.3 Å². The summed E-state index contributed by atoms with van der Waals surface area (Å²) in [5.41, 5.74) is 4.04. The fraction of sp³-hybridized carbons (Fsp3) is 0.308. The van der Waals surface area contributed by atoms with Gasteiger partial charge in [0, 0.05) is 29.7 Å². The van der Waals surface area contributed by atoms with E-state index >= 15 is 0 Å². The minimum atomic E-state index is 0.127. The number of nitrogens with two attached hydrogens (primary N) is 1. The van der Waals surface area contributed by atoms with Crippen molar-refractivity contribution < 1.29 is 0 Å². The number of hydrazine groups is 1. The third-order valence-electron chi connectivity index (χ3n) is 2.92. The van der Waals surface area contributed by atoms with Crippen molar-refractivity contribution in [1.82, 2.24) is 10.4 Å². The zero-order chi connectivity index (χ0) is 12.1. The van der Waals surface area contributed by atoms with Gasteiger partial charge in [-0.2, -0.15) is 0 Å². The van der Waals surface area contributed by atoms with E-state index in [-0.39, 0.29) is 6.04 Å². The highest BCUT2D eigenvalue weighted by atomic mass is 35.5. The van der Waals surface area contributed by atoms with E-state index in [0.29, 0.717) is 5.88 Å². The van der Waals surface area contributed by atoms with Gasteiger partial charge in [-0.25, -0.2) is 0 Å². The molecule has 0 spiro atoms. The molecule has 0 aliphatic carbocycles. The number of pyridine rings is 1. The van der Waals surface area contributed by atoms with Gasteiger partial charge < -0.3 is 0 Å². The standard InChI is InChI=1S/C13H16ClN3/c14-7-2-5-13(17-15)11-4-1-3-10-6-8-16-9-12(10)11/h1,3-4,6,8-9,13,17H,2,5,7,15H2. The Morgan fingerprint density at radius 1 is 1.35 bits per heavy atom. The second-order valence-corrected chi connectivity index (χ2v) is 4.37. The molecule has 1 unspecified atom stereocenters. The molecule has 1 aromatic heterocycles. The molecule has 0 bridgehead atoms. The summed E-state index contributed by atoms with van der Waals surface area (Å²) in [6.45, 7) is 0. The number of benzene rings is 1. The average molecular weight is 250 g/mol. The van der Waals surface area contributed by atoms with E-state index in [1.54, 1.807) is 6.20 Å². The Hall–Kier alpha value is -1.16. The molecule has 0 fully saturated rings. The first-order valence-corrected chi connectivity index (χ1v) is 6.25. The minimum Gasteiger partial charge on any atom is -0.271 e. The van der Waals surface area contributed by atoms with Gasteiger partial charge in [-0.05, 0) is 29.9 Å². The normalized spacial score (nSPS) is 12.8. The van der Waals surface area contributed by atoms with Gasteiger partial charge in [0.05, 0.1) is 0 Å². The van der Waals surface area contributed by atoms with Crippen LogP contribution in [0.3, 0.4) is 0 Å². The Bertz CT molecular complexity index is 482. The summed E-state index contributed by atoms with van der Waals surface area (Å²) < 4.78 is 0. The van der Waals surface area contributed by atoms with Crippen molar-refractivity contribution in [2.24, 2.45) is 5.84 Å². The second-order valence-electron chi connectivity index (χ2n) is 3.99. The molecule has 0 aliphatic heterocycles. The Morgan fingerprint density at radius 3 is 3.00 bits per heavy atom. The van der Waals surface area contributed by atoms with Crippen LogP contribution in [0.2, 0.25) is 0 Å². The van der Waals surface area contributed by atoms with Gasteiger partial charge in [-0.1, -0.05) is 18.2 Å². The average Bonchev–Trinajstić information content (AvgIpc) is 2.40. The molecular weight excluding hydrogens is 234 g/mol. The highest BCUT2D eigenvalue weighted by molar-refractivity contribution is 6.17. The minimum absolute atomic E-state index is 0.127. The predicted molar refractivity (Wildman–Crippen MR) is 71.8 cm³/mol. The molecule has 0 aliphatic rings. The van der Waals surface area contributed by atoms with Crippen molar-refractivity contribution in [3.63, 3.8) is 0 Å². The van der Waals surface area contributed by atoms with Gasteiger partial charge in [-0.15, -0.1) is 11.6 Å². The summed E-state index contributed by atoms with van der Waals surface area (Å²) in [6, 6.07) is 8.34. The number of fused-ring (bicyclic) bond motifs is 1. The molecule has 1 atom stereocenters. The predicted octanol–water partition coefficient (Wildman–Crippen LogP) is 2.76. The smallest absolute Gasteiger partial charge is 0.0467 e. The maximum Gasteiger partial charge on any atom is 0.0467 e. The van der Waals surface area contributed by atoms with E-state index in [1.807, 2.05) is 18.3 Å². The third kappa shape index (κ3) is 2.75. The number of rotatable bonds is 5. The van der Waals surface area contributed by atoms with Crippen molar-refractivity contribution in [2.45, 2.75) is 18.9 Å². The molecule has 1 heterocycles. The lowest BCUT2D eigenvalue weighted by molar-refractivity contribution is 0.514. The molecule has 90 valence electrons. The van der Waals surface area contributed by atoms with E-state index in [2.05, 4.69) is 22.5 Å². The van der Waals surface area contributed by atoms with Crippen LogP contribution in [0.25, 0.3) is 10.8 Å². The quantitative estimate of drug-likeness (QED) is 0.487. The van der Waals surface area contributed by atoms with Crippen molar-refractivity contribution in [1.29, 1.82) is 0 Å². The number of hydrogen-bond donors (Lipinski definition) is 2. The molecule has 4 heteroatoms. The van der Waals surface area contributed by atoms with E-state index in [4.69, 9.17) is 17.4 Å². The van der Waals surface area contributed by atoms with E-state index in [1.165, 1.54) is 10.9 Å². The van der Waals surface area contributed by atoms with Gasteiger partial charge in [0.15, 0.2) is 0 Å². The molecule has 2 rings (SSSR count). The number of nitrogens with one attached hydrogen (secondary N) is 1. The lowest BCUT2D eigenvalue weighted by Crippen LogP contribution is -2.28. The zero-order valence-electron chi connectivity index (χ0n) is 9.57. The summed E-state index contributed by atoms with van der Waals surface area (Å²) in [5, 5.41) is 2.33. The largest absolute Gasteiger partial charge is 0.271 e. The van der Waals surface area contributed by atoms with Crippen LogP contribution in [-0.4, -0.2) is 10.9 Å². The van der Waals surface area contributed by atoms with Gasteiger partial charge in [-0.3, -0.25) is 16.3 Å². The molecule has 3 N–H and O–H groups in total. The van der Waals surface area contributed by atoms with Crippen molar-refractivity contribution >= 4 is 22.4 Å². The van der Waals surface area contributed by atoms with Crippen molar-refractivity contribution in [2.75, 3.05) is 5.88 Å². The number of nitrogens with zero attached hydrogens (tertiary/aromatic N) is 1. The summed E-state index contributed by atoms with van der Waals surface area (Å²) in [7, 11) is 0. The molecule has 17 heavy (non-hydrogen) atoms. The Morgan fingerprint density at radius 2 is 2.24 bits per heavy atom. The number of halogens is 1. The molecule has 0 saturated carbocycles. The van der Waals surface area contributed by atoms with Crippen LogP contribution in [0, 0.1) is 0 Å². The SMILES string of the molecule is NNC(CCCCl)c1cccc2ccncc12. The van der Waals surface area contributed by atoms with Crippen LogP contribution in [-0.2, 0) is 0 Å². The first-order valence-electron chi connectivity index (χ1n) is 5.71. The molecule has 0 amide bonds. The number of aromatic nitrogens is 1. The highest BCUT2D eigenvalue weighted by Crippen LogP contribution is 2.26. The molecule has 0 radical (unpaired) electrons. The van der Waals surface area contributed by atoms with E-state index in [9.17, 15) is 0 Å². The zero-order valence-corrected chi connectivity index (χ0v) is 10.3. The third-order valence-corrected chi connectivity index (χ3v) is 3.19. The van der Waals surface area contributed by atoms with Crippen molar-refractivity contribution in [3.05, 3.63) is 42.2 Å². The Balaban J connectivity index is 2.38. The van der Waals surface area contributed by atoms with Crippen LogP contribution in [0.5, 0.6) is 0 Å². The first kappa shape index (κ1) is 12.3. The lowest BCUT2D eigenvalue weighted by atomic mass is 9.98. The van der Waals surface area contributed by atoms with Crippen LogP contribution in [0.15, 0.2) is 36.7 Å². The fourth-order valence-electron chi connectivity index (χ4n) is 2.05. The summed E-state index contributed by atoms with van der Waals surface area (Å²) in [4.78, 5) is 4.18. The topological polar surface area (TPSA) is 50.9 Å². The van der Waals surface area contributed by atoms with E-state index in [0.717, 1.165) is 18.2 Å².